The van der Waals surface area contributed by atoms with Gasteiger partial charge in [0, 0.05) is 28.6 Å². The molecule has 0 aromatic rings. The quantitative estimate of drug-likeness (QED) is 0.542. The maximum absolute atomic E-state index is 17.6. The third-order valence-electron chi connectivity index (χ3n) is 9.80. The second kappa shape index (κ2) is 8.20. The normalized spacial score (nSPS) is 48.5. The third-order valence-corrected chi connectivity index (χ3v) is 10.5. The molecule has 0 aliphatic heterocycles. The summed E-state index contributed by atoms with van der Waals surface area (Å²) in [4.78, 5) is 38.0. The number of alkyl halides is 3. The number of hydrogen-bond donors (Lipinski definition) is 1. The van der Waals surface area contributed by atoms with Crippen molar-refractivity contribution in [2.45, 2.75) is 83.8 Å². The van der Waals surface area contributed by atoms with Gasteiger partial charge >= 0.3 is 5.97 Å². The summed E-state index contributed by atoms with van der Waals surface area (Å²) in [5, 5.41) is 10.9. The highest BCUT2D eigenvalue weighted by atomic mass is 32.2. The van der Waals surface area contributed by atoms with Gasteiger partial charge in [0.25, 0.3) is 0 Å². The number of esters is 1. The molecule has 0 amide bonds. The summed E-state index contributed by atoms with van der Waals surface area (Å²) in [6.45, 7) is 8.06. The van der Waals surface area contributed by atoms with Crippen molar-refractivity contribution in [1.29, 1.82) is 0 Å². The van der Waals surface area contributed by atoms with Crippen LogP contribution in [0.5, 0.6) is 0 Å². The van der Waals surface area contributed by atoms with E-state index in [4.69, 9.17) is 4.74 Å². The molecule has 3 saturated carbocycles. The Morgan fingerprint density at radius 1 is 1.23 bits per heavy atom. The molecule has 4 aliphatic rings. The fourth-order valence-electron chi connectivity index (χ4n) is 8.29. The minimum absolute atomic E-state index is 0.00593. The number of carbonyl (C=O) groups is 3. The van der Waals surface area contributed by atoms with E-state index in [0.29, 0.717) is 11.8 Å². The highest BCUT2D eigenvalue weighted by Crippen LogP contribution is 2.76. The zero-order valence-electron chi connectivity index (χ0n) is 20.7. The molecule has 0 spiro atoms. The SMILES string of the molecule is CCC(=O)O[C@]1(C(=O)SCF)[C@H](C)C[C@H]2[C@]3(C)C[C@H](F)C4=CC(=O)C=C[C@]4(C)[C@@]3(F)[C@@H](O)C[C@@]21C. The molecular weight excluding hydrogens is 481 g/mol. The van der Waals surface area contributed by atoms with Crippen LogP contribution in [0.4, 0.5) is 13.2 Å². The first-order chi connectivity index (χ1) is 16.2. The van der Waals surface area contributed by atoms with Crippen LogP contribution in [0.15, 0.2) is 23.8 Å². The molecular formula is C26H33F3O5S. The summed E-state index contributed by atoms with van der Waals surface area (Å²) in [7, 11) is 0. The van der Waals surface area contributed by atoms with Gasteiger partial charge in [0.15, 0.2) is 17.1 Å². The van der Waals surface area contributed by atoms with E-state index >= 15 is 8.78 Å². The second-order valence-electron chi connectivity index (χ2n) is 11.3. The van der Waals surface area contributed by atoms with E-state index in [2.05, 4.69) is 0 Å². The van der Waals surface area contributed by atoms with Crippen molar-refractivity contribution in [2.75, 3.05) is 6.01 Å². The van der Waals surface area contributed by atoms with Crippen molar-refractivity contribution in [1.82, 2.24) is 0 Å². The van der Waals surface area contributed by atoms with Crippen molar-refractivity contribution in [3.63, 3.8) is 0 Å². The molecule has 3 fully saturated rings. The van der Waals surface area contributed by atoms with Crippen LogP contribution in [0.25, 0.3) is 0 Å². The third kappa shape index (κ3) is 3.03. The lowest BCUT2D eigenvalue weighted by Gasteiger charge is -2.68. The van der Waals surface area contributed by atoms with Gasteiger partial charge in [0.05, 0.1) is 6.10 Å². The highest BCUT2D eigenvalue weighted by molar-refractivity contribution is 8.13. The summed E-state index contributed by atoms with van der Waals surface area (Å²) in [5.74, 6) is -2.37. The Morgan fingerprint density at radius 2 is 1.89 bits per heavy atom. The van der Waals surface area contributed by atoms with Gasteiger partial charge < -0.3 is 9.84 Å². The van der Waals surface area contributed by atoms with Crippen LogP contribution in [0.3, 0.4) is 0 Å². The number of aliphatic hydroxyl groups excluding tert-OH is 1. The molecule has 0 heterocycles. The highest BCUT2D eigenvalue weighted by Gasteiger charge is 2.81. The maximum atomic E-state index is 17.6. The number of hydrogen-bond acceptors (Lipinski definition) is 6. The molecule has 1 N–H and O–H groups in total. The van der Waals surface area contributed by atoms with Crippen LogP contribution in [-0.4, -0.2) is 51.5 Å². The van der Waals surface area contributed by atoms with Gasteiger partial charge in [0.2, 0.25) is 5.12 Å². The minimum atomic E-state index is -2.36. The topological polar surface area (TPSA) is 80.7 Å². The largest absolute Gasteiger partial charge is 0.449 e. The van der Waals surface area contributed by atoms with Crippen molar-refractivity contribution in [3.05, 3.63) is 23.8 Å². The number of allylic oxidation sites excluding steroid dienone is 4. The maximum Gasteiger partial charge on any atom is 0.306 e. The number of ether oxygens (including phenoxy) is 1. The van der Waals surface area contributed by atoms with Crippen LogP contribution in [0.1, 0.15) is 60.3 Å². The fraction of sp³-hybridized carbons (Fsp3) is 0.731. The van der Waals surface area contributed by atoms with Crippen molar-refractivity contribution in [2.24, 2.45) is 28.1 Å². The number of thioether (sulfide) groups is 1. The standard InChI is InChI=1S/C26H33F3O5S/c1-6-20(32)34-25(21(33)35-13-27)14(2)9-18-23(25,4)12-19(31)26(29)22(3)8-7-15(30)10-16(22)17(28)11-24(18,26)5/h7-8,10,14,17-19,31H,6,9,11-13H2,1-5H3/t14-,17+,18-,19+,22+,23+,24+,25+,26+/m1/s1. The molecule has 4 rings (SSSR count). The molecule has 0 radical (unpaired) electrons. The van der Waals surface area contributed by atoms with Gasteiger partial charge in [-0.3, -0.25) is 14.4 Å². The van der Waals surface area contributed by atoms with Crippen molar-refractivity contribution >= 4 is 28.6 Å². The summed E-state index contributed by atoms with van der Waals surface area (Å²) in [5.41, 5.74) is -8.49. The predicted octanol–water partition coefficient (Wildman–Crippen LogP) is 4.82. The summed E-state index contributed by atoms with van der Waals surface area (Å²) in [6, 6.07) is -1.03. The molecule has 9 heteroatoms. The van der Waals surface area contributed by atoms with Gasteiger partial charge in [-0.2, -0.15) is 0 Å². The van der Waals surface area contributed by atoms with Crippen LogP contribution < -0.4 is 0 Å². The zero-order chi connectivity index (χ0) is 26.2. The first-order valence-electron chi connectivity index (χ1n) is 12.1. The predicted molar refractivity (Wildman–Crippen MR) is 125 cm³/mol. The van der Waals surface area contributed by atoms with Gasteiger partial charge in [0.1, 0.15) is 12.2 Å². The average molecular weight is 515 g/mol. The average Bonchev–Trinajstić information content (AvgIpc) is 3.01. The lowest BCUT2D eigenvalue weighted by Crippen LogP contribution is -2.74. The number of carbonyl (C=O) groups excluding carboxylic acids is 3. The summed E-state index contributed by atoms with van der Waals surface area (Å²) < 4.78 is 52.6. The minimum Gasteiger partial charge on any atom is -0.449 e. The van der Waals surface area contributed by atoms with Gasteiger partial charge in [-0.05, 0) is 61.6 Å². The molecule has 194 valence electrons. The Labute approximate surface area is 207 Å². The van der Waals surface area contributed by atoms with Crippen LogP contribution in [-0.2, 0) is 19.1 Å². The number of aliphatic hydroxyl groups is 1. The monoisotopic (exact) mass is 514 g/mol. The molecule has 4 aliphatic carbocycles. The number of halogens is 3. The van der Waals surface area contributed by atoms with E-state index in [1.54, 1.807) is 27.7 Å². The van der Waals surface area contributed by atoms with E-state index in [1.165, 1.54) is 19.1 Å². The molecule has 0 unspecified atom stereocenters. The number of rotatable bonds is 4. The molecule has 0 bridgehead atoms. The van der Waals surface area contributed by atoms with E-state index in [0.717, 1.165) is 6.08 Å². The lowest BCUT2D eigenvalue weighted by atomic mass is 9.39. The van der Waals surface area contributed by atoms with Crippen molar-refractivity contribution < 1.29 is 37.4 Å². The smallest absolute Gasteiger partial charge is 0.306 e. The molecule has 9 atom stereocenters. The molecule has 0 aromatic carbocycles. The molecule has 0 aromatic heterocycles. The van der Waals surface area contributed by atoms with Crippen LogP contribution in [0, 0.1) is 28.1 Å². The van der Waals surface area contributed by atoms with E-state index in [9.17, 15) is 23.9 Å². The Bertz CT molecular complexity index is 1030. The Morgan fingerprint density at radius 3 is 2.49 bits per heavy atom. The van der Waals surface area contributed by atoms with Crippen molar-refractivity contribution in [3.8, 4) is 0 Å². The molecule has 5 nitrogen and oxygen atoms in total. The van der Waals surface area contributed by atoms with E-state index < -0.39 is 74.5 Å². The zero-order valence-corrected chi connectivity index (χ0v) is 21.5. The Kier molecular flexibility index (Phi) is 6.20. The molecule has 35 heavy (non-hydrogen) atoms. The van der Waals surface area contributed by atoms with E-state index in [1.807, 2.05) is 0 Å². The summed E-state index contributed by atoms with van der Waals surface area (Å²) in [6.07, 6.45) is 0.0290. The van der Waals surface area contributed by atoms with Gasteiger partial charge in [-0.1, -0.05) is 33.8 Å². The molecule has 0 saturated heterocycles. The van der Waals surface area contributed by atoms with Gasteiger partial charge in [-0.15, -0.1) is 0 Å². The summed E-state index contributed by atoms with van der Waals surface area (Å²) >= 11 is 0.395. The first kappa shape index (κ1) is 26.5. The Balaban J connectivity index is 1.93. The fourth-order valence-corrected chi connectivity index (χ4v) is 9.08. The lowest BCUT2D eigenvalue weighted by molar-refractivity contribution is -0.262. The number of fused-ring (bicyclic) bond motifs is 5. The van der Waals surface area contributed by atoms with Crippen LogP contribution in [0.2, 0.25) is 0 Å². The second-order valence-corrected chi connectivity index (χ2v) is 12.1. The van der Waals surface area contributed by atoms with E-state index in [-0.39, 0.29) is 31.3 Å². The van der Waals surface area contributed by atoms with Gasteiger partial charge in [-0.25, -0.2) is 13.2 Å². The Hall–Kier alpha value is -1.61. The van der Waals surface area contributed by atoms with Crippen LogP contribution >= 0.6 is 11.8 Å². The first-order valence-corrected chi connectivity index (χ1v) is 13.1. The number of ketones is 1.